The van der Waals surface area contributed by atoms with E-state index in [0.717, 1.165) is 49.6 Å². The Labute approximate surface area is 161 Å². The number of benzene rings is 1. The van der Waals surface area contributed by atoms with Crippen LogP contribution in [0, 0.1) is 26.7 Å². The van der Waals surface area contributed by atoms with Gasteiger partial charge in [-0.3, -0.25) is 9.69 Å². The molecule has 27 heavy (non-hydrogen) atoms. The molecule has 5 nitrogen and oxygen atoms in total. The van der Waals surface area contributed by atoms with Crippen molar-refractivity contribution in [2.45, 2.75) is 52.6 Å². The number of rotatable bonds is 4. The van der Waals surface area contributed by atoms with Crippen LogP contribution < -0.4 is 0 Å². The molecular weight excluding hydrogens is 338 g/mol. The first-order valence-electron chi connectivity index (χ1n) is 9.99. The lowest BCUT2D eigenvalue weighted by atomic mass is 9.94. The Kier molecular flexibility index (Phi) is 5.04. The van der Waals surface area contributed by atoms with E-state index in [9.17, 15) is 4.79 Å². The van der Waals surface area contributed by atoms with Gasteiger partial charge in [-0.2, -0.15) is 0 Å². The lowest BCUT2D eigenvalue weighted by molar-refractivity contribution is -0.134. The summed E-state index contributed by atoms with van der Waals surface area (Å²) in [5.74, 6) is 1.75. The summed E-state index contributed by atoms with van der Waals surface area (Å²) in [6.45, 7) is 9.84. The van der Waals surface area contributed by atoms with E-state index in [1.807, 2.05) is 26.0 Å². The molecule has 2 atom stereocenters. The average molecular weight is 367 g/mol. The first kappa shape index (κ1) is 18.2. The van der Waals surface area contributed by atoms with Crippen LogP contribution in [0.15, 0.2) is 28.8 Å². The fraction of sp³-hybridized carbons (Fsp3) is 0.545. The second-order valence-corrected chi connectivity index (χ2v) is 8.24. The quantitative estimate of drug-likeness (QED) is 0.832. The highest BCUT2D eigenvalue weighted by molar-refractivity contribution is 5.79. The first-order chi connectivity index (χ1) is 13.0. The van der Waals surface area contributed by atoms with E-state index in [2.05, 4.69) is 34.0 Å². The van der Waals surface area contributed by atoms with Gasteiger partial charge in [0, 0.05) is 37.8 Å². The predicted molar refractivity (Wildman–Crippen MR) is 104 cm³/mol. The molecule has 3 aliphatic heterocycles. The molecule has 3 fully saturated rings. The molecule has 2 aromatic rings. The van der Waals surface area contributed by atoms with E-state index < -0.39 is 0 Å². The second-order valence-electron chi connectivity index (χ2n) is 8.24. The lowest BCUT2D eigenvalue weighted by Gasteiger charge is -2.36. The summed E-state index contributed by atoms with van der Waals surface area (Å²) < 4.78 is 5.33. The van der Waals surface area contributed by atoms with Crippen molar-refractivity contribution in [1.82, 2.24) is 15.0 Å². The molecule has 3 aliphatic rings. The summed E-state index contributed by atoms with van der Waals surface area (Å²) >= 11 is 0. The normalized spacial score (nSPS) is 22.9. The Morgan fingerprint density at radius 2 is 1.96 bits per heavy atom. The van der Waals surface area contributed by atoms with Gasteiger partial charge in [-0.05, 0) is 50.7 Å². The highest BCUT2D eigenvalue weighted by Crippen LogP contribution is 2.30. The summed E-state index contributed by atoms with van der Waals surface area (Å²) in [7, 11) is 0. The van der Waals surface area contributed by atoms with Crippen molar-refractivity contribution < 1.29 is 9.32 Å². The minimum atomic E-state index is 0.276. The number of aromatic nitrogens is 1. The number of aryl methyl sites for hydroxylation is 3. The SMILES string of the molecule is Cc1ccccc1CC(=O)N1C[C@@H]2CC[C@H]1CN(Cc1c(C)noc1C)C2. The third-order valence-electron chi connectivity index (χ3n) is 6.28. The molecule has 5 heteroatoms. The monoisotopic (exact) mass is 367 g/mol. The zero-order chi connectivity index (χ0) is 19.0. The van der Waals surface area contributed by atoms with Crippen LogP contribution in [0.3, 0.4) is 0 Å². The molecule has 4 heterocycles. The van der Waals surface area contributed by atoms with Gasteiger partial charge in [0.25, 0.3) is 0 Å². The Morgan fingerprint density at radius 1 is 1.15 bits per heavy atom. The smallest absolute Gasteiger partial charge is 0.227 e. The number of carbonyl (C=O) groups excluding carboxylic acids is 1. The van der Waals surface area contributed by atoms with Crippen LogP contribution >= 0.6 is 0 Å². The third-order valence-corrected chi connectivity index (χ3v) is 6.28. The summed E-state index contributed by atoms with van der Waals surface area (Å²) in [6, 6.07) is 8.54. The van der Waals surface area contributed by atoms with Crippen molar-refractivity contribution in [2.24, 2.45) is 5.92 Å². The summed E-state index contributed by atoms with van der Waals surface area (Å²) in [6.07, 6.45) is 2.85. The van der Waals surface area contributed by atoms with Gasteiger partial charge >= 0.3 is 0 Å². The number of hydrogen-bond acceptors (Lipinski definition) is 4. The summed E-state index contributed by atoms with van der Waals surface area (Å²) in [5.41, 5.74) is 4.53. The molecular formula is C22H29N3O2. The van der Waals surface area contributed by atoms with Gasteiger partial charge in [0.15, 0.2) is 0 Å². The number of hydrogen-bond donors (Lipinski definition) is 0. The van der Waals surface area contributed by atoms with Crippen molar-refractivity contribution in [3.63, 3.8) is 0 Å². The zero-order valence-electron chi connectivity index (χ0n) is 16.6. The number of amides is 1. The largest absolute Gasteiger partial charge is 0.361 e. The van der Waals surface area contributed by atoms with Crippen LogP contribution in [0.5, 0.6) is 0 Å². The summed E-state index contributed by atoms with van der Waals surface area (Å²) in [4.78, 5) is 17.7. The van der Waals surface area contributed by atoms with E-state index in [1.54, 1.807) is 0 Å². The fourth-order valence-electron chi connectivity index (χ4n) is 4.64. The maximum Gasteiger partial charge on any atom is 0.227 e. The molecule has 0 aliphatic carbocycles. The van der Waals surface area contributed by atoms with Crippen molar-refractivity contribution in [1.29, 1.82) is 0 Å². The number of piperidine rings is 1. The zero-order valence-corrected chi connectivity index (χ0v) is 16.6. The summed E-state index contributed by atoms with van der Waals surface area (Å²) in [5, 5.41) is 4.09. The molecule has 144 valence electrons. The highest BCUT2D eigenvalue weighted by atomic mass is 16.5. The minimum Gasteiger partial charge on any atom is -0.361 e. The molecule has 0 unspecified atom stereocenters. The van der Waals surface area contributed by atoms with Crippen molar-refractivity contribution >= 4 is 5.91 Å². The maximum absolute atomic E-state index is 13.1. The van der Waals surface area contributed by atoms with Crippen LogP contribution in [0.25, 0.3) is 0 Å². The number of nitrogens with zero attached hydrogens (tertiary/aromatic N) is 3. The van der Waals surface area contributed by atoms with Gasteiger partial charge in [0.05, 0.1) is 12.1 Å². The van der Waals surface area contributed by atoms with Gasteiger partial charge < -0.3 is 9.42 Å². The molecule has 0 spiro atoms. The van der Waals surface area contributed by atoms with Gasteiger partial charge in [0.1, 0.15) is 5.76 Å². The van der Waals surface area contributed by atoms with E-state index in [-0.39, 0.29) is 5.91 Å². The molecule has 0 radical (unpaired) electrons. The third kappa shape index (κ3) is 3.79. The Balaban J connectivity index is 1.46. The standard InChI is InChI=1S/C22H29N3O2/c1-15-6-4-5-7-19(15)10-22(26)25-12-18-8-9-20(25)13-24(11-18)14-21-16(2)23-27-17(21)3/h4-7,18,20H,8-14H2,1-3H3/t18-,20+/m1/s1. The highest BCUT2D eigenvalue weighted by Gasteiger charge is 2.37. The average Bonchev–Trinajstić information content (AvgIpc) is 2.83. The minimum absolute atomic E-state index is 0.276. The van der Waals surface area contributed by atoms with E-state index in [4.69, 9.17) is 4.52 Å². The molecule has 1 amide bonds. The molecule has 5 rings (SSSR count). The van der Waals surface area contributed by atoms with Crippen molar-refractivity contribution in [2.75, 3.05) is 19.6 Å². The number of fused-ring (bicyclic) bond motifs is 4. The Morgan fingerprint density at radius 3 is 2.70 bits per heavy atom. The topological polar surface area (TPSA) is 49.6 Å². The second kappa shape index (κ2) is 7.47. The first-order valence-corrected chi connectivity index (χ1v) is 9.99. The molecule has 1 aromatic heterocycles. The van der Waals surface area contributed by atoms with E-state index in [0.29, 0.717) is 18.4 Å². The van der Waals surface area contributed by atoms with Gasteiger partial charge in [-0.25, -0.2) is 0 Å². The van der Waals surface area contributed by atoms with Crippen LogP contribution in [0.4, 0.5) is 0 Å². The predicted octanol–water partition coefficient (Wildman–Crippen LogP) is 3.27. The Hall–Kier alpha value is -2.14. The van der Waals surface area contributed by atoms with E-state index in [1.165, 1.54) is 17.5 Å². The molecule has 0 N–H and O–H groups in total. The van der Waals surface area contributed by atoms with Crippen LogP contribution in [0.1, 0.15) is 41.0 Å². The van der Waals surface area contributed by atoms with Gasteiger partial charge in [0.2, 0.25) is 5.91 Å². The maximum atomic E-state index is 13.1. The van der Waals surface area contributed by atoms with Crippen molar-refractivity contribution in [3.05, 3.63) is 52.4 Å². The van der Waals surface area contributed by atoms with Crippen LogP contribution in [-0.2, 0) is 17.8 Å². The van der Waals surface area contributed by atoms with E-state index >= 15 is 0 Å². The van der Waals surface area contributed by atoms with Crippen molar-refractivity contribution in [3.8, 4) is 0 Å². The molecule has 0 saturated carbocycles. The van der Waals surface area contributed by atoms with Gasteiger partial charge in [-0.1, -0.05) is 29.4 Å². The Bertz CT molecular complexity index is 809. The molecule has 1 aromatic carbocycles. The molecule has 2 bridgehead atoms. The number of carbonyl (C=O) groups is 1. The lowest BCUT2D eigenvalue weighted by Crippen LogP contribution is -2.48. The van der Waals surface area contributed by atoms with Crippen LogP contribution in [0.2, 0.25) is 0 Å². The molecule has 3 saturated heterocycles. The van der Waals surface area contributed by atoms with Gasteiger partial charge in [-0.15, -0.1) is 0 Å². The fourth-order valence-corrected chi connectivity index (χ4v) is 4.64. The van der Waals surface area contributed by atoms with Crippen LogP contribution in [-0.4, -0.2) is 46.5 Å².